The number of ketones is 1. The summed E-state index contributed by atoms with van der Waals surface area (Å²) in [4.78, 5) is 25.0. The molecule has 1 aromatic rings. The molecule has 90 valence electrons. The van der Waals surface area contributed by atoms with Crippen molar-refractivity contribution < 1.29 is 9.59 Å². The van der Waals surface area contributed by atoms with Gasteiger partial charge in [-0.1, -0.05) is 0 Å². The number of anilines is 1. The molecule has 1 aliphatic rings. The van der Waals surface area contributed by atoms with Gasteiger partial charge in [-0.25, -0.2) is 0 Å². The van der Waals surface area contributed by atoms with Crippen molar-refractivity contribution in [2.45, 2.75) is 12.8 Å². The second-order valence-corrected chi connectivity index (χ2v) is 5.02. The Morgan fingerprint density at radius 3 is 2.88 bits per heavy atom. The van der Waals surface area contributed by atoms with Crippen molar-refractivity contribution in [2.24, 2.45) is 0 Å². The largest absolute Gasteiger partial charge is 0.315 e. The third-order valence-corrected chi connectivity index (χ3v) is 3.57. The number of hydrogen-bond acceptors (Lipinski definition) is 3. The number of thioether (sulfide) groups is 1. The zero-order chi connectivity index (χ0) is 12.4. The molecule has 3 nitrogen and oxygen atoms in total. The van der Waals surface area contributed by atoms with E-state index in [9.17, 15) is 9.59 Å². The van der Waals surface area contributed by atoms with Gasteiger partial charge in [-0.2, -0.15) is 11.8 Å². The zero-order valence-electron chi connectivity index (χ0n) is 10.0. The molecule has 0 saturated carbocycles. The lowest BCUT2D eigenvalue weighted by Crippen LogP contribution is -2.31. The molecule has 2 rings (SSSR count). The Labute approximate surface area is 105 Å². The maximum Gasteiger partial charge on any atom is 0.227 e. The van der Waals surface area contributed by atoms with Crippen LogP contribution in [0.4, 0.5) is 5.69 Å². The summed E-state index contributed by atoms with van der Waals surface area (Å²) < 4.78 is 0. The summed E-state index contributed by atoms with van der Waals surface area (Å²) in [5, 5.41) is 0. The molecule has 0 unspecified atom stereocenters. The Morgan fingerprint density at radius 2 is 2.18 bits per heavy atom. The van der Waals surface area contributed by atoms with Crippen LogP contribution in [0.25, 0.3) is 0 Å². The number of carbonyl (C=O) groups is 2. The van der Waals surface area contributed by atoms with E-state index in [1.807, 2.05) is 24.5 Å². The van der Waals surface area contributed by atoms with E-state index >= 15 is 0 Å². The first-order chi connectivity index (χ1) is 8.13. The summed E-state index contributed by atoms with van der Waals surface area (Å²) in [6, 6.07) is 5.61. The molecule has 0 N–H and O–H groups in total. The molecule has 0 aromatic heterocycles. The smallest absolute Gasteiger partial charge is 0.227 e. The summed E-state index contributed by atoms with van der Waals surface area (Å²) in [5.74, 6) is 0.800. The predicted molar refractivity (Wildman–Crippen MR) is 70.9 cm³/mol. The van der Waals surface area contributed by atoms with E-state index in [4.69, 9.17) is 0 Å². The highest BCUT2D eigenvalue weighted by Crippen LogP contribution is 2.27. The molecule has 1 aromatic carbocycles. The normalized spacial score (nSPS) is 14.7. The van der Waals surface area contributed by atoms with Crippen LogP contribution in [0.2, 0.25) is 0 Å². The number of amides is 1. The van der Waals surface area contributed by atoms with Crippen molar-refractivity contribution in [1.82, 2.24) is 0 Å². The van der Waals surface area contributed by atoms with Crippen LogP contribution in [0.1, 0.15) is 22.3 Å². The summed E-state index contributed by atoms with van der Waals surface area (Å²) >= 11 is 1.53. The van der Waals surface area contributed by atoms with Gasteiger partial charge >= 0.3 is 0 Å². The van der Waals surface area contributed by atoms with Crippen LogP contribution in [0.15, 0.2) is 18.2 Å². The fraction of sp³-hybridized carbons (Fsp3) is 0.385. The molecule has 0 spiro atoms. The molecule has 0 aliphatic carbocycles. The van der Waals surface area contributed by atoms with Crippen molar-refractivity contribution in [3.8, 4) is 0 Å². The predicted octanol–water partition coefficient (Wildman–Crippen LogP) is 2.14. The van der Waals surface area contributed by atoms with E-state index in [0.717, 1.165) is 23.2 Å². The molecular weight excluding hydrogens is 234 g/mol. The molecule has 1 aliphatic heterocycles. The first-order valence-corrected chi connectivity index (χ1v) is 6.94. The van der Waals surface area contributed by atoms with Gasteiger partial charge in [0.2, 0.25) is 5.91 Å². The summed E-state index contributed by atoms with van der Waals surface area (Å²) in [5.41, 5.74) is 2.78. The van der Waals surface area contributed by atoms with Crippen LogP contribution >= 0.6 is 11.8 Å². The second kappa shape index (κ2) is 4.92. The number of fused-ring (bicyclic) bond motifs is 1. The van der Waals surface area contributed by atoms with Gasteiger partial charge in [0, 0.05) is 24.7 Å². The first-order valence-electron chi connectivity index (χ1n) is 5.55. The van der Waals surface area contributed by atoms with Crippen molar-refractivity contribution >= 4 is 29.1 Å². The number of aryl methyl sites for hydroxylation is 1. The third-order valence-electron chi connectivity index (χ3n) is 3.02. The quantitative estimate of drug-likeness (QED) is 0.770. The molecule has 1 amide bonds. The van der Waals surface area contributed by atoms with Crippen LogP contribution in [-0.4, -0.2) is 30.7 Å². The summed E-state index contributed by atoms with van der Waals surface area (Å²) in [7, 11) is 1.78. The summed E-state index contributed by atoms with van der Waals surface area (Å²) in [6.07, 6.45) is 3.19. The van der Waals surface area contributed by atoms with Crippen molar-refractivity contribution in [1.29, 1.82) is 0 Å². The minimum absolute atomic E-state index is 0.140. The topological polar surface area (TPSA) is 37.4 Å². The fourth-order valence-corrected chi connectivity index (χ4v) is 2.47. The van der Waals surface area contributed by atoms with E-state index in [1.165, 1.54) is 11.8 Å². The number of rotatable bonds is 3. The average molecular weight is 249 g/mol. The maximum absolute atomic E-state index is 11.8. The number of hydrogen-bond donors (Lipinski definition) is 0. The van der Waals surface area contributed by atoms with E-state index in [0.29, 0.717) is 12.2 Å². The van der Waals surface area contributed by atoms with E-state index < -0.39 is 0 Å². The Kier molecular flexibility index (Phi) is 3.52. The van der Waals surface area contributed by atoms with Crippen LogP contribution < -0.4 is 4.90 Å². The zero-order valence-corrected chi connectivity index (χ0v) is 10.8. The van der Waals surface area contributed by atoms with Crippen LogP contribution in [0.5, 0.6) is 0 Å². The Hall–Kier alpha value is -1.29. The lowest BCUT2D eigenvalue weighted by Gasteiger charge is -2.25. The van der Waals surface area contributed by atoms with Gasteiger partial charge in [-0.3, -0.25) is 9.59 Å². The average Bonchev–Trinajstić information content (AvgIpc) is 2.34. The SMILES string of the molecule is CSCC(=O)c1ccc2c(c1)CCC(=O)N2C. The van der Waals surface area contributed by atoms with E-state index in [-0.39, 0.29) is 11.7 Å². The van der Waals surface area contributed by atoms with Gasteiger partial charge in [0.05, 0.1) is 5.75 Å². The highest BCUT2D eigenvalue weighted by molar-refractivity contribution is 7.99. The molecular formula is C13H15NO2S. The van der Waals surface area contributed by atoms with E-state index in [2.05, 4.69) is 0 Å². The molecule has 0 radical (unpaired) electrons. The minimum atomic E-state index is 0.140. The van der Waals surface area contributed by atoms with E-state index in [1.54, 1.807) is 11.9 Å². The van der Waals surface area contributed by atoms with Gasteiger partial charge in [0.25, 0.3) is 0 Å². The van der Waals surface area contributed by atoms with Crippen LogP contribution in [0.3, 0.4) is 0 Å². The lowest BCUT2D eigenvalue weighted by atomic mass is 9.98. The highest BCUT2D eigenvalue weighted by atomic mass is 32.2. The number of Topliss-reactive ketones (excluding diaryl/α,β-unsaturated/α-hetero) is 1. The lowest BCUT2D eigenvalue weighted by molar-refractivity contribution is -0.118. The maximum atomic E-state index is 11.8. The fourth-order valence-electron chi connectivity index (χ4n) is 2.04. The van der Waals surface area contributed by atoms with Crippen molar-refractivity contribution in [2.75, 3.05) is 24.0 Å². The van der Waals surface area contributed by atoms with Gasteiger partial charge in [-0.15, -0.1) is 0 Å². The Bertz CT molecular complexity index is 470. The minimum Gasteiger partial charge on any atom is -0.315 e. The van der Waals surface area contributed by atoms with Crippen molar-refractivity contribution in [3.63, 3.8) is 0 Å². The van der Waals surface area contributed by atoms with Gasteiger partial charge in [0.1, 0.15) is 0 Å². The highest BCUT2D eigenvalue weighted by Gasteiger charge is 2.21. The van der Waals surface area contributed by atoms with Crippen LogP contribution in [0, 0.1) is 0 Å². The van der Waals surface area contributed by atoms with Crippen LogP contribution in [-0.2, 0) is 11.2 Å². The van der Waals surface area contributed by atoms with Gasteiger partial charge < -0.3 is 4.90 Å². The molecule has 0 saturated heterocycles. The molecule has 17 heavy (non-hydrogen) atoms. The molecule has 0 bridgehead atoms. The number of carbonyl (C=O) groups excluding carboxylic acids is 2. The Morgan fingerprint density at radius 1 is 1.41 bits per heavy atom. The molecule has 4 heteroatoms. The standard InChI is InChI=1S/C13H15NO2S/c1-14-11-5-3-10(12(15)8-17-2)7-9(11)4-6-13(14)16/h3,5,7H,4,6,8H2,1-2H3. The monoisotopic (exact) mass is 249 g/mol. The summed E-state index contributed by atoms with van der Waals surface area (Å²) in [6.45, 7) is 0. The van der Waals surface area contributed by atoms with Gasteiger partial charge in [-0.05, 0) is 36.4 Å². The molecule has 1 heterocycles. The van der Waals surface area contributed by atoms with Gasteiger partial charge in [0.15, 0.2) is 5.78 Å². The second-order valence-electron chi connectivity index (χ2n) is 4.15. The van der Waals surface area contributed by atoms with Crippen molar-refractivity contribution in [3.05, 3.63) is 29.3 Å². The number of nitrogens with zero attached hydrogens (tertiary/aromatic N) is 1. The number of benzene rings is 1. The first kappa shape index (κ1) is 12.2. The molecule has 0 atom stereocenters. The third kappa shape index (κ3) is 2.36. The Balaban J connectivity index is 2.32. The molecule has 0 fully saturated rings.